The molecule has 1 fully saturated rings. The van der Waals surface area contributed by atoms with Gasteiger partial charge in [-0.2, -0.15) is 0 Å². The minimum absolute atomic E-state index is 0.0559. The van der Waals surface area contributed by atoms with E-state index < -0.39 is 12.1 Å². The molecular formula is C23H19Cl2FN4O2. The van der Waals surface area contributed by atoms with Crippen molar-refractivity contribution >= 4 is 46.5 Å². The lowest BCUT2D eigenvalue weighted by Gasteiger charge is -2.38. The zero-order chi connectivity index (χ0) is 22.7. The van der Waals surface area contributed by atoms with E-state index in [1.54, 1.807) is 53.4 Å². The molecule has 1 aliphatic rings. The molecule has 2 unspecified atom stereocenters. The van der Waals surface area contributed by atoms with Crippen molar-refractivity contribution in [2.24, 2.45) is 0 Å². The molecule has 0 spiro atoms. The first-order valence-corrected chi connectivity index (χ1v) is 10.6. The van der Waals surface area contributed by atoms with Crippen LogP contribution in [-0.2, 0) is 4.79 Å². The van der Waals surface area contributed by atoms with Gasteiger partial charge in [-0.05, 0) is 60.7 Å². The maximum absolute atomic E-state index is 13.3. The Hall–Kier alpha value is -3.16. The molecule has 3 amide bonds. The number of benzene rings is 2. The van der Waals surface area contributed by atoms with E-state index >= 15 is 0 Å². The fourth-order valence-corrected chi connectivity index (χ4v) is 3.90. The molecule has 0 bridgehead atoms. The largest absolute Gasteiger partial charge is 0.334 e. The standard InChI is InChI=1S/C23H19Cl2FN4O2/c24-14-1-6-17(7-2-14)28-23(32)29-21-11-22(31)30(18-8-4-16(26)5-9-18)13-19(21)20-10-3-15(25)12-27-20/h1-10,12,19,21H,11,13H2,(H2,28,29,32). The number of nitrogens with zero attached hydrogens (tertiary/aromatic N) is 2. The zero-order valence-electron chi connectivity index (χ0n) is 16.8. The molecule has 9 heteroatoms. The third-order valence-corrected chi connectivity index (χ3v) is 5.72. The Labute approximate surface area is 194 Å². The molecule has 0 saturated carbocycles. The number of aromatic nitrogens is 1. The Morgan fingerprint density at radius 3 is 2.34 bits per heavy atom. The highest BCUT2D eigenvalue weighted by Crippen LogP contribution is 2.31. The average Bonchev–Trinajstić information content (AvgIpc) is 2.77. The first-order chi connectivity index (χ1) is 15.4. The lowest BCUT2D eigenvalue weighted by molar-refractivity contribution is -0.120. The predicted octanol–water partition coefficient (Wildman–Crippen LogP) is 5.24. The van der Waals surface area contributed by atoms with Gasteiger partial charge in [-0.3, -0.25) is 9.78 Å². The minimum Gasteiger partial charge on any atom is -0.334 e. The van der Waals surface area contributed by atoms with Gasteiger partial charge in [-0.25, -0.2) is 9.18 Å². The highest BCUT2D eigenvalue weighted by Gasteiger charge is 2.37. The highest BCUT2D eigenvalue weighted by atomic mass is 35.5. The number of pyridine rings is 1. The van der Waals surface area contributed by atoms with Crippen LogP contribution < -0.4 is 15.5 Å². The summed E-state index contributed by atoms with van der Waals surface area (Å²) in [6, 6.07) is 15.0. The van der Waals surface area contributed by atoms with E-state index in [2.05, 4.69) is 15.6 Å². The summed E-state index contributed by atoms with van der Waals surface area (Å²) in [5.74, 6) is -0.864. The van der Waals surface area contributed by atoms with E-state index in [0.29, 0.717) is 27.1 Å². The molecule has 3 aromatic rings. The first-order valence-electron chi connectivity index (χ1n) is 9.89. The van der Waals surface area contributed by atoms with Crippen LogP contribution in [-0.4, -0.2) is 29.5 Å². The summed E-state index contributed by atoms with van der Waals surface area (Å²) in [6.07, 6.45) is 1.58. The Morgan fingerprint density at radius 1 is 1.00 bits per heavy atom. The van der Waals surface area contributed by atoms with E-state index in [0.717, 1.165) is 0 Å². The second kappa shape index (κ2) is 9.54. The molecule has 2 N–H and O–H groups in total. The van der Waals surface area contributed by atoms with Crippen molar-refractivity contribution < 1.29 is 14.0 Å². The molecule has 6 nitrogen and oxygen atoms in total. The van der Waals surface area contributed by atoms with Gasteiger partial charge in [-0.15, -0.1) is 0 Å². The van der Waals surface area contributed by atoms with E-state index in [1.807, 2.05) is 0 Å². The van der Waals surface area contributed by atoms with Gasteiger partial charge in [0.1, 0.15) is 5.82 Å². The van der Waals surface area contributed by atoms with Crippen molar-refractivity contribution in [1.29, 1.82) is 0 Å². The van der Waals surface area contributed by atoms with Crippen molar-refractivity contribution in [3.8, 4) is 0 Å². The van der Waals surface area contributed by atoms with Crippen LogP contribution in [0.3, 0.4) is 0 Å². The summed E-state index contributed by atoms with van der Waals surface area (Å²) in [4.78, 5) is 31.5. The van der Waals surface area contributed by atoms with Gasteiger partial charge in [0.2, 0.25) is 5.91 Å². The molecule has 4 rings (SSSR count). The number of nitrogens with one attached hydrogen (secondary N) is 2. The SMILES string of the molecule is O=C(Nc1ccc(Cl)cc1)NC1CC(=O)N(c2ccc(F)cc2)CC1c1ccc(Cl)cn1. The summed E-state index contributed by atoms with van der Waals surface area (Å²) in [7, 11) is 0. The molecule has 2 heterocycles. The van der Waals surface area contributed by atoms with Crippen LogP contribution in [0.15, 0.2) is 66.9 Å². The molecule has 0 aliphatic carbocycles. The van der Waals surface area contributed by atoms with Gasteiger partial charge in [0.15, 0.2) is 0 Å². The van der Waals surface area contributed by atoms with Crippen molar-refractivity contribution in [2.45, 2.75) is 18.4 Å². The number of hydrogen-bond donors (Lipinski definition) is 2. The summed E-state index contributed by atoms with van der Waals surface area (Å²) in [5.41, 5.74) is 1.84. The Kier molecular flexibility index (Phi) is 6.58. The van der Waals surface area contributed by atoms with Crippen LogP contribution in [0.25, 0.3) is 0 Å². The topological polar surface area (TPSA) is 74.3 Å². The van der Waals surface area contributed by atoms with E-state index in [-0.39, 0.29) is 30.6 Å². The van der Waals surface area contributed by atoms with Crippen molar-refractivity contribution in [2.75, 3.05) is 16.8 Å². The zero-order valence-corrected chi connectivity index (χ0v) is 18.3. The number of carbonyl (C=O) groups excluding carboxylic acids is 2. The highest BCUT2D eigenvalue weighted by molar-refractivity contribution is 6.30. The van der Waals surface area contributed by atoms with E-state index in [1.165, 1.54) is 18.3 Å². The summed E-state index contributed by atoms with van der Waals surface area (Å²) in [5, 5.41) is 6.68. The molecule has 0 radical (unpaired) electrons. The first kappa shape index (κ1) is 22.0. The van der Waals surface area contributed by atoms with Crippen molar-refractivity contribution in [3.05, 3.63) is 88.4 Å². The second-order valence-electron chi connectivity index (χ2n) is 7.40. The maximum atomic E-state index is 13.3. The number of halogens is 3. The average molecular weight is 473 g/mol. The molecule has 2 atom stereocenters. The van der Waals surface area contributed by atoms with Crippen LogP contribution in [0.2, 0.25) is 10.0 Å². The summed E-state index contributed by atoms with van der Waals surface area (Å²) in [6.45, 7) is 0.269. The van der Waals surface area contributed by atoms with Gasteiger partial charge in [0, 0.05) is 53.2 Å². The number of anilines is 2. The number of rotatable bonds is 4. The Morgan fingerprint density at radius 2 is 1.69 bits per heavy atom. The number of piperidine rings is 1. The lowest BCUT2D eigenvalue weighted by Crippen LogP contribution is -2.53. The van der Waals surface area contributed by atoms with E-state index in [4.69, 9.17) is 23.2 Å². The monoisotopic (exact) mass is 472 g/mol. The summed E-state index contributed by atoms with van der Waals surface area (Å²) < 4.78 is 13.3. The fourth-order valence-electron chi connectivity index (χ4n) is 3.66. The lowest BCUT2D eigenvalue weighted by atomic mass is 9.88. The Bertz CT molecular complexity index is 1110. The Balaban J connectivity index is 1.56. The van der Waals surface area contributed by atoms with Gasteiger partial charge in [0.05, 0.1) is 5.02 Å². The van der Waals surface area contributed by atoms with Crippen LogP contribution >= 0.6 is 23.2 Å². The smallest absolute Gasteiger partial charge is 0.319 e. The second-order valence-corrected chi connectivity index (χ2v) is 8.28. The molecule has 1 aliphatic heterocycles. The molecular weight excluding hydrogens is 454 g/mol. The van der Waals surface area contributed by atoms with Gasteiger partial charge >= 0.3 is 6.03 Å². The van der Waals surface area contributed by atoms with Crippen molar-refractivity contribution in [1.82, 2.24) is 10.3 Å². The van der Waals surface area contributed by atoms with E-state index in [9.17, 15) is 14.0 Å². The number of urea groups is 1. The fraction of sp³-hybridized carbons (Fsp3) is 0.174. The third kappa shape index (κ3) is 5.18. The van der Waals surface area contributed by atoms with Crippen LogP contribution in [0.1, 0.15) is 18.0 Å². The molecule has 1 saturated heterocycles. The third-order valence-electron chi connectivity index (χ3n) is 5.25. The quantitative estimate of drug-likeness (QED) is 0.545. The maximum Gasteiger partial charge on any atom is 0.319 e. The summed E-state index contributed by atoms with van der Waals surface area (Å²) >= 11 is 11.9. The number of hydrogen-bond acceptors (Lipinski definition) is 3. The minimum atomic E-state index is -0.500. The number of amides is 3. The molecule has 2 aromatic carbocycles. The number of carbonyl (C=O) groups is 2. The normalized spacial score (nSPS) is 18.3. The van der Waals surface area contributed by atoms with Gasteiger partial charge < -0.3 is 15.5 Å². The van der Waals surface area contributed by atoms with Gasteiger partial charge in [0.25, 0.3) is 0 Å². The molecule has 1 aromatic heterocycles. The van der Waals surface area contributed by atoms with Crippen molar-refractivity contribution in [3.63, 3.8) is 0 Å². The van der Waals surface area contributed by atoms with Crippen LogP contribution in [0, 0.1) is 5.82 Å². The molecule has 164 valence electrons. The molecule has 32 heavy (non-hydrogen) atoms. The predicted molar refractivity (Wildman–Crippen MR) is 123 cm³/mol. The van der Waals surface area contributed by atoms with Crippen LogP contribution in [0.5, 0.6) is 0 Å². The van der Waals surface area contributed by atoms with Crippen LogP contribution in [0.4, 0.5) is 20.6 Å². The van der Waals surface area contributed by atoms with Gasteiger partial charge in [-0.1, -0.05) is 23.2 Å².